The van der Waals surface area contributed by atoms with Crippen LogP contribution in [0.25, 0.3) is 0 Å². The maximum Gasteiger partial charge on any atom is 0.493 e. The molecule has 30 heavy (non-hydrogen) atoms. The number of ether oxygens (including phenoxy) is 1. The van der Waals surface area contributed by atoms with Crippen LogP contribution < -0.4 is 16.1 Å². The Morgan fingerprint density at radius 2 is 1.53 bits per heavy atom. The Morgan fingerprint density at radius 3 is 2.03 bits per heavy atom. The lowest BCUT2D eigenvalue weighted by Crippen LogP contribution is -2.43. The van der Waals surface area contributed by atoms with Gasteiger partial charge in [-0.2, -0.15) is 0 Å². The zero-order valence-electron chi connectivity index (χ0n) is 17.4. The minimum Gasteiger partial charge on any atom is -0.467 e. The molecule has 0 aliphatic rings. The molecule has 0 unspecified atom stereocenters. The first-order chi connectivity index (χ1) is 14.4. The van der Waals surface area contributed by atoms with Crippen molar-refractivity contribution >= 4 is 36.1 Å². The zero-order valence-corrected chi connectivity index (χ0v) is 17.4. The molecule has 2 aromatic rings. The lowest BCUT2D eigenvalue weighted by molar-refractivity contribution is -0.142. The summed E-state index contributed by atoms with van der Waals surface area (Å²) in [7, 11) is 3.89. The van der Waals surface area contributed by atoms with Crippen molar-refractivity contribution in [1.29, 1.82) is 0 Å². The van der Waals surface area contributed by atoms with E-state index < -0.39 is 25.0 Å². The Balaban J connectivity index is 2.09. The van der Waals surface area contributed by atoms with E-state index in [0.29, 0.717) is 11.3 Å². The summed E-state index contributed by atoms with van der Waals surface area (Å²) in [6.07, 6.45) is 0.257. The summed E-state index contributed by atoms with van der Waals surface area (Å²) in [5, 5.41) is 5.33. The molecule has 9 heteroatoms. The van der Waals surface area contributed by atoms with Crippen molar-refractivity contribution in [3.8, 4) is 0 Å². The second-order valence-corrected chi connectivity index (χ2v) is 6.56. The number of esters is 1. The molecule has 0 saturated heterocycles. The molecular formula is C21H25BN2O6. The van der Waals surface area contributed by atoms with Crippen molar-refractivity contribution in [2.24, 2.45) is 0 Å². The van der Waals surface area contributed by atoms with Gasteiger partial charge in [0, 0.05) is 38.8 Å². The van der Waals surface area contributed by atoms with Gasteiger partial charge in [-0.05, 0) is 35.3 Å². The number of benzene rings is 2. The van der Waals surface area contributed by atoms with E-state index in [0.717, 1.165) is 11.0 Å². The highest BCUT2D eigenvalue weighted by atomic mass is 16.6. The molecule has 2 amide bonds. The first kappa shape index (κ1) is 23.1. The number of nitrogens with one attached hydrogen (secondary N) is 2. The third kappa shape index (κ3) is 6.43. The van der Waals surface area contributed by atoms with Gasteiger partial charge in [0.1, 0.15) is 6.04 Å². The van der Waals surface area contributed by atoms with E-state index in [1.807, 2.05) is 24.3 Å². The maximum atomic E-state index is 12.6. The third-order valence-corrected chi connectivity index (χ3v) is 4.38. The minimum absolute atomic E-state index is 0.203. The number of hydrogen-bond donors (Lipinski definition) is 2. The van der Waals surface area contributed by atoms with E-state index in [2.05, 4.69) is 10.6 Å². The number of amides is 2. The van der Waals surface area contributed by atoms with Crippen LogP contribution in [0.4, 0.5) is 5.69 Å². The lowest BCUT2D eigenvalue weighted by Gasteiger charge is -2.17. The predicted octanol–water partition coefficient (Wildman–Crippen LogP) is 1.15. The number of methoxy groups -OCH3 is 1. The highest BCUT2D eigenvalue weighted by molar-refractivity contribution is 6.61. The second-order valence-electron chi connectivity index (χ2n) is 6.56. The Morgan fingerprint density at radius 1 is 0.933 bits per heavy atom. The first-order valence-corrected chi connectivity index (χ1v) is 9.28. The molecule has 0 aliphatic carbocycles. The standard InChI is InChI=1S/C21H25BN2O6/c1-14(25)23-18-11-7-16(8-12-18)20(26)24-19(21(27)28-2)13-15-5-9-17(10-6-15)22(29-3)30-4/h5-12,19H,13H2,1-4H3,(H,23,25)(H,24,26)/t19-/m1/s1. The van der Waals surface area contributed by atoms with Gasteiger partial charge in [-0.25, -0.2) is 4.79 Å². The van der Waals surface area contributed by atoms with E-state index in [9.17, 15) is 14.4 Å². The quantitative estimate of drug-likeness (QED) is 0.473. The average Bonchev–Trinajstić information content (AvgIpc) is 2.74. The van der Waals surface area contributed by atoms with Gasteiger partial charge in [0.15, 0.2) is 0 Å². The van der Waals surface area contributed by atoms with Crippen LogP contribution in [0.15, 0.2) is 48.5 Å². The molecule has 0 fully saturated rings. The van der Waals surface area contributed by atoms with Crippen LogP contribution in [-0.4, -0.2) is 52.3 Å². The molecule has 0 radical (unpaired) electrons. The SMILES string of the molecule is COB(OC)c1ccc(C[C@@H](NC(=O)c2ccc(NC(C)=O)cc2)C(=O)OC)cc1. The fourth-order valence-electron chi connectivity index (χ4n) is 2.90. The number of carbonyl (C=O) groups excluding carboxylic acids is 3. The molecule has 2 N–H and O–H groups in total. The lowest BCUT2D eigenvalue weighted by atomic mass is 9.78. The normalized spacial score (nSPS) is 11.3. The van der Waals surface area contributed by atoms with E-state index in [-0.39, 0.29) is 12.3 Å². The zero-order chi connectivity index (χ0) is 22.1. The number of anilines is 1. The largest absolute Gasteiger partial charge is 0.493 e. The summed E-state index contributed by atoms with van der Waals surface area (Å²) in [6.45, 7) is 1.40. The fraction of sp³-hybridized carbons (Fsp3) is 0.286. The van der Waals surface area contributed by atoms with Crippen LogP contribution in [0.1, 0.15) is 22.8 Å². The monoisotopic (exact) mass is 412 g/mol. The Bertz CT molecular complexity index is 866. The molecule has 2 aromatic carbocycles. The number of carbonyl (C=O) groups is 3. The van der Waals surface area contributed by atoms with Gasteiger partial charge in [0.25, 0.3) is 5.91 Å². The predicted molar refractivity (Wildman–Crippen MR) is 114 cm³/mol. The number of rotatable bonds is 9. The summed E-state index contributed by atoms with van der Waals surface area (Å²) in [4.78, 5) is 35.9. The molecule has 2 rings (SSSR count). The van der Waals surface area contributed by atoms with Gasteiger partial charge in [-0.15, -0.1) is 0 Å². The van der Waals surface area contributed by atoms with Crippen LogP contribution in [0.2, 0.25) is 0 Å². The molecule has 1 atom stereocenters. The van der Waals surface area contributed by atoms with Crippen molar-refractivity contribution < 1.29 is 28.4 Å². The second kappa shape index (κ2) is 11.1. The molecule has 0 spiro atoms. The number of hydrogen-bond acceptors (Lipinski definition) is 6. The van der Waals surface area contributed by atoms with Crippen molar-refractivity contribution in [2.45, 2.75) is 19.4 Å². The van der Waals surface area contributed by atoms with Crippen molar-refractivity contribution in [2.75, 3.05) is 26.6 Å². The van der Waals surface area contributed by atoms with Crippen LogP contribution in [-0.2, 0) is 30.1 Å². The highest BCUT2D eigenvalue weighted by Crippen LogP contribution is 2.11. The van der Waals surface area contributed by atoms with E-state index in [4.69, 9.17) is 14.0 Å². The van der Waals surface area contributed by atoms with Crippen molar-refractivity contribution in [1.82, 2.24) is 5.32 Å². The van der Waals surface area contributed by atoms with E-state index in [1.165, 1.54) is 14.0 Å². The molecule has 158 valence electrons. The molecule has 0 aliphatic heterocycles. The van der Waals surface area contributed by atoms with E-state index in [1.54, 1.807) is 38.5 Å². The summed E-state index contributed by atoms with van der Waals surface area (Å²) in [5.41, 5.74) is 2.61. The van der Waals surface area contributed by atoms with Crippen molar-refractivity contribution in [3.63, 3.8) is 0 Å². The van der Waals surface area contributed by atoms with Gasteiger partial charge >= 0.3 is 13.1 Å². The summed E-state index contributed by atoms with van der Waals surface area (Å²) >= 11 is 0. The Hall–Kier alpha value is -3.17. The molecule has 0 aromatic heterocycles. The molecular weight excluding hydrogens is 387 g/mol. The smallest absolute Gasteiger partial charge is 0.467 e. The molecule has 8 nitrogen and oxygen atoms in total. The highest BCUT2D eigenvalue weighted by Gasteiger charge is 2.23. The Labute approximate surface area is 176 Å². The van der Waals surface area contributed by atoms with Crippen LogP contribution in [0.3, 0.4) is 0 Å². The Kier molecular flexibility index (Phi) is 8.58. The van der Waals surface area contributed by atoms with Crippen LogP contribution >= 0.6 is 0 Å². The van der Waals surface area contributed by atoms with Crippen LogP contribution in [0, 0.1) is 0 Å². The first-order valence-electron chi connectivity index (χ1n) is 9.28. The van der Waals surface area contributed by atoms with Gasteiger partial charge in [-0.3, -0.25) is 9.59 Å². The molecule has 0 heterocycles. The topological polar surface area (TPSA) is 103 Å². The van der Waals surface area contributed by atoms with Gasteiger partial charge in [-0.1, -0.05) is 24.3 Å². The van der Waals surface area contributed by atoms with Gasteiger partial charge < -0.3 is 24.7 Å². The summed E-state index contributed by atoms with van der Waals surface area (Å²) in [5.74, 6) is -1.17. The van der Waals surface area contributed by atoms with Gasteiger partial charge in [0.05, 0.1) is 7.11 Å². The van der Waals surface area contributed by atoms with E-state index >= 15 is 0 Å². The molecule has 0 saturated carbocycles. The van der Waals surface area contributed by atoms with Crippen LogP contribution in [0.5, 0.6) is 0 Å². The average molecular weight is 412 g/mol. The summed E-state index contributed by atoms with van der Waals surface area (Å²) < 4.78 is 15.3. The summed E-state index contributed by atoms with van der Waals surface area (Å²) in [6, 6.07) is 12.9. The van der Waals surface area contributed by atoms with Gasteiger partial charge in [0.2, 0.25) is 5.91 Å². The van der Waals surface area contributed by atoms with Crippen molar-refractivity contribution in [3.05, 3.63) is 59.7 Å². The maximum absolute atomic E-state index is 12.6. The molecule has 0 bridgehead atoms. The fourth-order valence-corrected chi connectivity index (χ4v) is 2.90. The minimum atomic E-state index is -0.857. The third-order valence-electron chi connectivity index (χ3n) is 4.38.